The highest BCUT2D eigenvalue weighted by molar-refractivity contribution is 6.26. The van der Waals surface area contributed by atoms with Crippen molar-refractivity contribution >= 4 is 17.3 Å². The molecule has 1 aliphatic carbocycles. The summed E-state index contributed by atoms with van der Waals surface area (Å²) in [6.07, 6.45) is 2.34. The van der Waals surface area contributed by atoms with E-state index in [9.17, 15) is 8.78 Å². The van der Waals surface area contributed by atoms with E-state index in [1.54, 1.807) is 0 Å². The van der Waals surface area contributed by atoms with Gasteiger partial charge in [0.25, 0.3) is 0 Å². The lowest BCUT2D eigenvalue weighted by Gasteiger charge is -2.07. The van der Waals surface area contributed by atoms with Crippen LogP contribution in [0.3, 0.4) is 0 Å². The number of rotatable bonds is 3. The Morgan fingerprint density at radius 1 is 1.28 bits per heavy atom. The minimum Gasteiger partial charge on any atom is -0.280 e. The number of aliphatic imine (C=N–C) groups is 1. The summed E-state index contributed by atoms with van der Waals surface area (Å²) in [5, 5.41) is 0. The van der Waals surface area contributed by atoms with Gasteiger partial charge in [-0.3, -0.25) is 4.99 Å². The number of allylic oxidation sites excluding steroid dienone is 1. The molecule has 0 unspecified atom stereocenters. The lowest BCUT2D eigenvalue weighted by Crippen LogP contribution is -2.08. The molecular weight excluding hydrogens is 256 g/mol. The zero-order valence-corrected chi connectivity index (χ0v) is 10.5. The van der Waals surface area contributed by atoms with E-state index in [1.807, 2.05) is 0 Å². The third-order valence-corrected chi connectivity index (χ3v) is 3.74. The first kappa shape index (κ1) is 11.8. The van der Waals surface area contributed by atoms with Crippen LogP contribution in [0.1, 0.15) is 18.4 Å². The number of alkyl halides is 1. The molecule has 1 saturated carbocycles. The van der Waals surface area contributed by atoms with Gasteiger partial charge in [0.05, 0.1) is 12.3 Å². The quantitative estimate of drug-likeness (QED) is 0.741. The van der Waals surface area contributed by atoms with Gasteiger partial charge in [0, 0.05) is 17.5 Å². The summed E-state index contributed by atoms with van der Waals surface area (Å²) in [7, 11) is 0. The smallest absolute Gasteiger partial charge is 0.135 e. The number of hydrogen-bond donors (Lipinski definition) is 0. The first-order valence-corrected chi connectivity index (χ1v) is 6.52. The largest absolute Gasteiger partial charge is 0.280 e. The fourth-order valence-electron chi connectivity index (χ4n) is 2.39. The Labute approximate surface area is 109 Å². The first-order valence-electron chi connectivity index (χ1n) is 5.99. The fraction of sp³-hybridized carbons (Fsp3) is 0.357. The van der Waals surface area contributed by atoms with Gasteiger partial charge in [-0.1, -0.05) is 0 Å². The van der Waals surface area contributed by atoms with Crippen LogP contribution in [0.5, 0.6) is 0 Å². The molecule has 18 heavy (non-hydrogen) atoms. The van der Waals surface area contributed by atoms with Crippen LogP contribution in [0, 0.1) is 17.6 Å². The van der Waals surface area contributed by atoms with Gasteiger partial charge < -0.3 is 0 Å². The highest BCUT2D eigenvalue weighted by Crippen LogP contribution is 2.41. The van der Waals surface area contributed by atoms with E-state index in [0.717, 1.165) is 11.6 Å². The van der Waals surface area contributed by atoms with Crippen LogP contribution in [0.2, 0.25) is 0 Å². The van der Waals surface area contributed by atoms with E-state index >= 15 is 0 Å². The van der Waals surface area contributed by atoms with Crippen molar-refractivity contribution in [2.45, 2.75) is 12.8 Å². The van der Waals surface area contributed by atoms with Crippen LogP contribution in [-0.2, 0) is 0 Å². The Bertz CT molecular complexity index is 559. The third kappa shape index (κ3) is 1.97. The molecule has 0 amide bonds. The second kappa shape index (κ2) is 4.47. The van der Waals surface area contributed by atoms with Crippen molar-refractivity contribution in [3.8, 4) is 0 Å². The molecule has 1 fully saturated rings. The lowest BCUT2D eigenvalue weighted by molar-refractivity contribution is 0.582. The molecule has 1 nitrogen and oxygen atoms in total. The average Bonchev–Trinajstić information content (AvgIpc) is 3.10. The zero-order valence-electron chi connectivity index (χ0n) is 9.72. The van der Waals surface area contributed by atoms with Gasteiger partial charge in [-0.05, 0) is 42.0 Å². The van der Waals surface area contributed by atoms with Crippen LogP contribution in [-0.4, -0.2) is 18.1 Å². The Morgan fingerprint density at radius 2 is 2.06 bits per heavy atom. The maximum absolute atomic E-state index is 13.8. The molecule has 1 aromatic carbocycles. The Balaban J connectivity index is 2.01. The maximum atomic E-state index is 13.8. The van der Waals surface area contributed by atoms with Gasteiger partial charge in [0.15, 0.2) is 0 Å². The molecule has 0 N–H and O–H groups in total. The van der Waals surface area contributed by atoms with E-state index in [1.165, 1.54) is 30.5 Å². The highest BCUT2D eigenvalue weighted by atomic mass is 35.5. The number of halogens is 3. The van der Waals surface area contributed by atoms with E-state index < -0.39 is 11.6 Å². The van der Waals surface area contributed by atoms with Crippen LogP contribution in [0.15, 0.2) is 34.3 Å². The van der Waals surface area contributed by atoms with Crippen LogP contribution >= 0.6 is 11.6 Å². The molecule has 4 heteroatoms. The summed E-state index contributed by atoms with van der Waals surface area (Å²) in [6.45, 7) is 0.610. The lowest BCUT2D eigenvalue weighted by atomic mass is 9.99. The Kier molecular flexibility index (Phi) is 2.94. The molecule has 0 atom stereocenters. The van der Waals surface area contributed by atoms with E-state index in [0.29, 0.717) is 29.6 Å². The Hall–Kier alpha value is -1.22. The second-order valence-electron chi connectivity index (χ2n) is 4.70. The molecule has 0 spiro atoms. The van der Waals surface area contributed by atoms with Gasteiger partial charge in [-0.2, -0.15) is 0 Å². The van der Waals surface area contributed by atoms with Crippen molar-refractivity contribution in [3.63, 3.8) is 0 Å². The normalized spacial score (nSPS) is 19.4. The van der Waals surface area contributed by atoms with Gasteiger partial charge in [-0.25, -0.2) is 8.78 Å². The number of nitrogens with zero attached hydrogens (tertiary/aromatic N) is 1. The molecule has 0 radical (unpaired) electrons. The van der Waals surface area contributed by atoms with Gasteiger partial charge >= 0.3 is 0 Å². The molecule has 94 valence electrons. The van der Waals surface area contributed by atoms with Crippen LogP contribution in [0.4, 0.5) is 8.78 Å². The van der Waals surface area contributed by atoms with Gasteiger partial charge in [0.2, 0.25) is 0 Å². The van der Waals surface area contributed by atoms with Crippen molar-refractivity contribution in [1.82, 2.24) is 0 Å². The molecule has 2 aliphatic rings. The number of benzene rings is 1. The van der Waals surface area contributed by atoms with E-state index in [2.05, 4.69) is 4.99 Å². The van der Waals surface area contributed by atoms with Crippen molar-refractivity contribution in [1.29, 1.82) is 0 Å². The summed E-state index contributed by atoms with van der Waals surface area (Å²) in [4.78, 5) is 4.39. The summed E-state index contributed by atoms with van der Waals surface area (Å²) in [5.41, 5.74) is 3.13. The zero-order chi connectivity index (χ0) is 12.7. The van der Waals surface area contributed by atoms with E-state index in [-0.39, 0.29) is 0 Å². The van der Waals surface area contributed by atoms with Crippen LogP contribution < -0.4 is 0 Å². The van der Waals surface area contributed by atoms with Crippen molar-refractivity contribution in [2.75, 3.05) is 12.4 Å². The average molecular weight is 268 g/mol. The SMILES string of the molecule is Fc1ccc(C2=NCC(C3CC3)=C2CCl)c(F)c1. The van der Waals surface area contributed by atoms with Crippen molar-refractivity contribution in [3.05, 3.63) is 46.5 Å². The predicted molar refractivity (Wildman–Crippen MR) is 68.2 cm³/mol. The molecule has 0 bridgehead atoms. The van der Waals surface area contributed by atoms with Gasteiger partial charge in [-0.15, -0.1) is 11.6 Å². The standard InChI is InChI=1S/C14H12ClF2N/c15-6-11-12(8-1-2-8)7-18-14(11)10-4-3-9(16)5-13(10)17/h3-5,8H,1-2,6-7H2. The minimum atomic E-state index is -0.576. The van der Waals surface area contributed by atoms with E-state index in [4.69, 9.17) is 11.6 Å². The summed E-state index contributed by atoms with van der Waals surface area (Å²) >= 11 is 5.97. The first-order chi connectivity index (χ1) is 8.70. The maximum Gasteiger partial charge on any atom is 0.135 e. The molecule has 1 aliphatic heterocycles. The van der Waals surface area contributed by atoms with Crippen molar-refractivity contribution < 1.29 is 8.78 Å². The van der Waals surface area contributed by atoms with Crippen molar-refractivity contribution in [2.24, 2.45) is 10.9 Å². The minimum absolute atomic E-state index is 0.335. The molecular formula is C14H12ClF2N. The summed E-state index contributed by atoms with van der Waals surface area (Å²) in [5.74, 6) is -0.243. The second-order valence-corrected chi connectivity index (χ2v) is 4.97. The molecule has 1 heterocycles. The predicted octanol–water partition coefficient (Wildman–Crippen LogP) is 3.71. The number of hydrogen-bond acceptors (Lipinski definition) is 1. The molecule has 1 aromatic rings. The molecule has 3 rings (SSSR count). The highest BCUT2D eigenvalue weighted by Gasteiger charge is 2.33. The summed E-state index contributed by atoms with van der Waals surface area (Å²) < 4.78 is 26.7. The third-order valence-electron chi connectivity index (χ3n) is 3.47. The topological polar surface area (TPSA) is 12.4 Å². The van der Waals surface area contributed by atoms with Gasteiger partial charge in [0.1, 0.15) is 11.6 Å². The monoisotopic (exact) mass is 267 g/mol. The molecule has 0 aromatic heterocycles. The van der Waals surface area contributed by atoms with Crippen LogP contribution in [0.25, 0.3) is 0 Å². The Morgan fingerprint density at radius 3 is 2.67 bits per heavy atom. The summed E-state index contributed by atoms with van der Waals surface area (Å²) in [6, 6.07) is 3.58. The molecule has 0 saturated heterocycles. The fourth-order valence-corrected chi connectivity index (χ4v) is 2.69.